The van der Waals surface area contributed by atoms with Gasteiger partial charge < -0.3 is 9.80 Å². The lowest BCUT2D eigenvalue weighted by atomic mass is 9.96. The molecule has 0 atom stereocenters. The summed E-state index contributed by atoms with van der Waals surface area (Å²) in [5.74, 6) is 6.56. The maximum Gasteiger partial charge on any atom is 0.0169 e. The largest absolute Gasteiger partial charge is 0.306 e. The van der Waals surface area contributed by atoms with Crippen molar-refractivity contribution in [3.8, 4) is 0 Å². The van der Waals surface area contributed by atoms with Crippen LogP contribution in [-0.4, -0.2) is 91.7 Å². The summed E-state index contributed by atoms with van der Waals surface area (Å²) < 4.78 is 0. The Kier molecular flexibility index (Phi) is 5.51. The number of piperidine rings is 1. The molecule has 3 saturated heterocycles. The summed E-state index contributed by atoms with van der Waals surface area (Å²) in [5.41, 5.74) is 0. The van der Waals surface area contributed by atoms with Gasteiger partial charge in [-0.2, -0.15) is 0 Å². The molecule has 0 aromatic heterocycles. The van der Waals surface area contributed by atoms with Crippen LogP contribution in [0.1, 0.15) is 25.7 Å². The third-order valence-corrected chi connectivity index (χ3v) is 5.68. The van der Waals surface area contributed by atoms with Crippen LogP contribution in [0, 0.1) is 5.92 Å². The van der Waals surface area contributed by atoms with E-state index in [1.165, 1.54) is 71.5 Å². The van der Waals surface area contributed by atoms with Crippen LogP contribution in [0.15, 0.2) is 0 Å². The van der Waals surface area contributed by atoms with Gasteiger partial charge in [-0.3, -0.25) is 10.7 Å². The van der Waals surface area contributed by atoms with E-state index >= 15 is 0 Å². The molecule has 21 heavy (non-hydrogen) atoms. The molecule has 0 amide bonds. The maximum absolute atomic E-state index is 5.69. The van der Waals surface area contributed by atoms with Gasteiger partial charge in [0.05, 0.1) is 0 Å². The number of nitrogens with two attached hydrogens (primary N) is 1. The van der Waals surface area contributed by atoms with Crippen LogP contribution in [0.3, 0.4) is 0 Å². The highest BCUT2D eigenvalue weighted by molar-refractivity contribution is 4.83. The fourth-order valence-electron chi connectivity index (χ4n) is 4.11. The molecule has 3 aliphatic heterocycles. The van der Waals surface area contributed by atoms with E-state index in [-0.39, 0.29) is 0 Å². The van der Waals surface area contributed by atoms with Crippen LogP contribution in [0.25, 0.3) is 0 Å². The first kappa shape index (κ1) is 15.7. The van der Waals surface area contributed by atoms with Gasteiger partial charge in [-0.15, -0.1) is 0 Å². The SMILES string of the molecule is CN1CCC(N2CCN(CCCC3CN(N)C3)CC2)CC1. The molecule has 0 aromatic rings. The molecule has 3 fully saturated rings. The quantitative estimate of drug-likeness (QED) is 0.738. The lowest BCUT2D eigenvalue weighted by Gasteiger charge is -2.42. The standard InChI is InChI=1S/C16H33N5/c1-18-7-4-16(5-8-18)20-11-9-19(10-12-20)6-2-3-15-13-21(17)14-15/h15-16H,2-14,17H2,1H3. The Labute approximate surface area is 130 Å². The molecule has 0 bridgehead atoms. The Bertz CT molecular complexity index is 302. The summed E-state index contributed by atoms with van der Waals surface area (Å²) in [6.45, 7) is 11.2. The number of nitrogens with zero attached hydrogens (tertiary/aromatic N) is 4. The Morgan fingerprint density at radius 3 is 2.24 bits per heavy atom. The molecule has 5 heteroatoms. The molecule has 2 N–H and O–H groups in total. The minimum atomic E-state index is 0.855. The Morgan fingerprint density at radius 1 is 0.952 bits per heavy atom. The van der Waals surface area contributed by atoms with Crippen molar-refractivity contribution >= 4 is 0 Å². The lowest BCUT2D eigenvalue weighted by molar-refractivity contribution is 0.0588. The third-order valence-electron chi connectivity index (χ3n) is 5.68. The Morgan fingerprint density at radius 2 is 1.62 bits per heavy atom. The molecule has 5 nitrogen and oxygen atoms in total. The molecule has 0 aliphatic carbocycles. The molecule has 122 valence electrons. The van der Waals surface area contributed by atoms with Gasteiger partial charge in [-0.1, -0.05) is 0 Å². The third kappa shape index (κ3) is 4.39. The number of hydrogen-bond acceptors (Lipinski definition) is 5. The summed E-state index contributed by atoms with van der Waals surface area (Å²) >= 11 is 0. The van der Waals surface area contributed by atoms with Gasteiger partial charge in [0, 0.05) is 45.3 Å². The van der Waals surface area contributed by atoms with Crippen LogP contribution in [0.2, 0.25) is 0 Å². The summed E-state index contributed by atoms with van der Waals surface area (Å²) in [4.78, 5) is 7.89. The second-order valence-corrected chi connectivity index (χ2v) is 7.37. The van der Waals surface area contributed by atoms with Gasteiger partial charge >= 0.3 is 0 Å². The van der Waals surface area contributed by atoms with Crippen LogP contribution >= 0.6 is 0 Å². The van der Waals surface area contributed by atoms with Crippen LogP contribution in [-0.2, 0) is 0 Å². The highest BCUT2D eigenvalue weighted by Crippen LogP contribution is 2.19. The molecular weight excluding hydrogens is 262 g/mol. The summed E-state index contributed by atoms with van der Waals surface area (Å²) in [7, 11) is 2.25. The molecule has 0 saturated carbocycles. The van der Waals surface area contributed by atoms with Crippen molar-refractivity contribution in [2.75, 3.05) is 66.0 Å². The number of piperazine rings is 1. The first-order valence-corrected chi connectivity index (χ1v) is 8.85. The minimum absolute atomic E-state index is 0.855. The molecule has 3 aliphatic rings. The second-order valence-electron chi connectivity index (χ2n) is 7.37. The Hall–Kier alpha value is -0.200. The number of rotatable bonds is 5. The van der Waals surface area contributed by atoms with E-state index < -0.39 is 0 Å². The zero-order valence-corrected chi connectivity index (χ0v) is 13.7. The number of hydrazine groups is 1. The molecule has 0 unspecified atom stereocenters. The molecule has 0 spiro atoms. The zero-order chi connectivity index (χ0) is 14.7. The van der Waals surface area contributed by atoms with E-state index in [0.29, 0.717) is 0 Å². The van der Waals surface area contributed by atoms with Crippen molar-refractivity contribution in [1.82, 2.24) is 19.7 Å². The van der Waals surface area contributed by atoms with Crippen molar-refractivity contribution in [1.29, 1.82) is 0 Å². The zero-order valence-electron chi connectivity index (χ0n) is 13.7. The minimum Gasteiger partial charge on any atom is -0.306 e. The number of likely N-dealkylation sites (tertiary alicyclic amines) is 1. The maximum atomic E-state index is 5.69. The van der Waals surface area contributed by atoms with Gasteiger partial charge in [-0.25, -0.2) is 5.01 Å². The molecule has 3 rings (SSSR count). The topological polar surface area (TPSA) is 39.0 Å². The van der Waals surface area contributed by atoms with E-state index in [4.69, 9.17) is 5.84 Å². The summed E-state index contributed by atoms with van der Waals surface area (Å²) in [6, 6.07) is 0.855. The van der Waals surface area contributed by atoms with Gasteiger partial charge in [0.1, 0.15) is 0 Å². The molecule has 0 aromatic carbocycles. The first-order valence-electron chi connectivity index (χ1n) is 8.85. The van der Waals surface area contributed by atoms with E-state index in [0.717, 1.165) is 25.0 Å². The fourth-order valence-corrected chi connectivity index (χ4v) is 4.11. The molecule has 0 radical (unpaired) electrons. The Balaban J connectivity index is 1.28. The van der Waals surface area contributed by atoms with Gasteiger partial charge in [0.2, 0.25) is 0 Å². The molecule has 3 heterocycles. The monoisotopic (exact) mass is 295 g/mol. The average molecular weight is 295 g/mol. The van der Waals surface area contributed by atoms with Crippen LogP contribution < -0.4 is 5.84 Å². The van der Waals surface area contributed by atoms with Gasteiger partial charge in [0.25, 0.3) is 0 Å². The van der Waals surface area contributed by atoms with Crippen molar-refractivity contribution in [2.45, 2.75) is 31.7 Å². The summed E-state index contributed by atoms with van der Waals surface area (Å²) in [6.07, 6.45) is 5.46. The van der Waals surface area contributed by atoms with Gasteiger partial charge in [-0.05, 0) is 58.3 Å². The summed E-state index contributed by atoms with van der Waals surface area (Å²) in [5, 5.41) is 1.94. The second kappa shape index (κ2) is 7.38. The predicted octanol–water partition coefficient (Wildman–Crippen LogP) is 0.284. The van der Waals surface area contributed by atoms with E-state index in [9.17, 15) is 0 Å². The smallest absolute Gasteiger partial charge is 0.0169 e. The van der Waals surface area contributed by atoms with Crippen molar-refractivity contribution in [3.05, 3.63) is 0 Å². The van der Waals surface area contributed by atoms with Crippen LogP contribution in [0.5, 0.6) is 0 Å². The van der Waals surface area contributed by atoms with E-state index in [1.54, 1.807) is 0 Å². The van der Waals surface area contributed by atoms with Crippen LogP contribution in [0.4, 0.5) is 0 Å². The highest BCUT2D eigenvalue weighted by Gasteiger charge is 2.27. The fraction of sp³-hybridized carbons (Fsp3) is 1.00. The lowest BCUT2D eigenvalue weighted by Crippen LogP contribution is -2.53. The highest BCUT2D eigenvalue weighted by atomic mass is 15.4. The first-order chi connectivity index (χ1) is 10.2. The molecular formula is C16H33N5. The van der Waals surface area contributed by atoms with Crippen molar-refractivity contribution in [2.24, 2.45) is 11.8 Å². The number of hydrogen-bond donors (Lipinski definition) is 1. The van der Waals surface area contributed by atoms with Crippen molar-refractivity contribution in [3.63, 3.8) is 0 Å². The van der Waals surface area contributed by atoms with Crippen molar-refractivity contribution < 1.29 is 0 Å². The normalized spacial score (nSPS) is 28.9. The predicted molar refractivity (Wildman–Crippen MR) is 87.0 cm³/mol. The van der Waals surface area contributed by atoms with E-state index in [1.807, 2.05) is 5.01 Å². The van der Waals surface area contributed by atoms with Gasteiger partial charge in [0.15, 0.2) is 0 Å². The average Bonchev–Trinajstić information content (AvgIpc) is 2.47. The van der Waals surface area contributed by atoms with E-state index in [2.05, 4.69) is 21.7 Å².